The van der Waals surface area contributed by atoms with Gasteiger partial charge in [0.15, 0.2) is 0 Å². The highest BCUT2D eigenvalue weighted by Gasteiger charge is 2.73. The van der Waals surface area contributed by atoms with E-state index >= 15 is 0 Å². The van der Waals surface area contributed by atoms with Gasteiger partial charge in [0, 0.05) is 16.0 Å². The maximum Gasteiger partial charge on any atom is 0.338 e. The van der Waals surface area contributed by atoms with E-state index in [-0.39, 0.29) is 21.7 Å². The quantitative estimate of drug-likeness (QED) is 0.454. The van der Waals surface area contributed by atoms with E-state index < -0.39 is 0 Å². The Morgan fingerprint density at radius 3 is 2.41 bits per heavy atom. The number of ether oxygens (including phenoxy) is 1. The monoisotopic (exact) mass is 468 g/mol. The third-order valence-corrected chi connectivity index (χ3v) is 10.2. The van der Waals surface area contributed by atoms with Gasteiger partial charge >= 0.3 is 5.97 Å². The third-order valence-electron chi connectivity index (χ3n) is 8.33. The van der Waals surface area contributed by atoms with Crippen molar-refractivity contribution in [3.63, 3.8) is 0 Å². The largest absolute Gasteiger partial charge is 0.462 e. The molecule has 0 aromatic heterocycles. The maximum atomic E-state index is 12.1. The van der Waals surface area contributed by atoms with E-state index in [1.54, 1.807) is 0 Å². The molecule has 1 spiro atoms. The third kappa shape index (κ3) is 2.97. The van der Waals surface area contributed by atoms with Crippen molar-refractivity contribution in [1.29, 1.82) is 0 Å². The number of anilines is 1. The summed E-state index contributed by atoms with van der Waals surface area (Å²) >= 11 is 8.09. The molecular formula is C26H29ClN2O2S. The molecule has 168 valence electrons. The molecule has 0 N–H and O–H groups in total. The van der Waals surface area contributed by atoms with Crippen LogP contribution in [0.15, 0.2) is 53.6 Å². The Kier molecular flexibility index (Phi) is 5.14. The van der Waals surface area contributed by atoms with Crippen LogP contribution in [0.3, 0.4) is 0 Å². The van der Waals surface area contributed by atoms with Crippen LogP contribution >= 0.6 is 23.4 Å². The van der Waals surface area contributed by atoms with Crippen LogP contribution in [0.4, 0.5) is 5.69 Å². The molecule has 5 rings (SSSR count). The van der Waals surface area contributed by atoms with Gasteiger partial charge in [0.2, 0.25) is 0 Å². The number of hydrazone groups is 1. The van der Waals surface area contributed by atoms with E-state index in [2.05, 4.69) is 37.9 Å². The second kappa shape index (κ2) is 7.53. The lowest BCUT2D eigenvalue weighted by atomic mass is 9.68. The van der Waals surface area contributed by atoms with Crippen molar-refractivity contribution in [2.24, 2.45) is 21.8 Å². The number of benzene rings is 2. The zero-order chi connectivity index (χ0) is 22.7. The van der Waals surface area contributed by atoms with Gasteiger partial charge in [-0.05, 0) is 73.9 Å². The number of thioether (sulfide) groups is 1. The Bertz CT molecular complexity index is 1080. The average Bonchev–Trinajstić information content (AvgIpc) is 3.32. The highest BCUT2D eigenvalue weighted by atomic mass is 35.5. The molecule has 4 nitrogen and oxygen atoms in total. The number of halogens is 1. The zero-order valence-electron chi connectivity index (χ0n) is 19.0. The van der Waals surface area contributed by atoms with Gasteiger partial charge in [-0.3, -0.25) is 0 Å². The lowest BCUT2D eigenvalue weighted by molar-refractivity contribution is 0.0526. The highest BCUT2D eigenvalue weighted by Crippen LogP contribution is 2.75. The molecular weight excluding hydrogens is 440 g/mol. The van der Waals surface area contributed by atoms with Crippen molar-refractivity contribution < 1.29 is 9.53 Å². The minimum absolute atomic E-state index is 0.116. The van der Waals surface area contributed by atoms with Gasteiger partial charge < -0.3 is 4.74 Å². The van der Waals surface area contributed by atoms with Crippen molar-refractivity contribution >= 4 is 40.1 Å². The topological polar surface area (TPSA) is 41.9 Å². The molecule has 2 aromatic carbocycles. The van der Waals surface area contributed by atoms with Crippen LogP contribution in [-0.4, -0.2) is 22.5 Å². The second-order valence-corrected chi connectivity index (χ2v) is 11.6. The first-order valence-corrected chi connectivity index (χ1v) is 12.5. The average molecular weight is 469 g/mol. The summed E-state index contributed by atoms with van der Waals surface area (Å²) in [4.78, 5) is 11.9. The Morgan fingerprint density at radius 1 is 1.16 bits per heavy atom. The lowest BCUT2D eigenvalue weighted by Gasteiger charge is -2.49. The fraction of sp³-hybridized carbons (Fsp3) is 0.462. The molecule has 0 radical (unpaired) electrons. The number of carbonyl (C=O) groups excluding carboxylic acids is 1. The van der Waals surface area contributed by atoms with Crippen LogP contribution in [0.5, 0.6) is 0 Å². The fourth-order valence-electron chi connectivity index (χ4n) is 6.01. The van der Waals surface area contributed by atoms with Crippen molar-refractivity contribution in [3.05, 3.63) is 64.7 Å². The summed E-state index contributed by atoms with van der Waals surface area (Å²) in [5.74, 6) is 0.386. The summed E-state index contributed by atoms with van der Waals surface area (Å²) in [6.45, 7) is 9.52. The van der Waals surface area contributed by atoms with Crippen molar-refractivity contribution in [1.82, 2.24) is 0 Å². The minimum atomic E-state index is -0.290. The summed E-state index contributed by atoms with van der Waals surface area (Å²) in [5, 5.41) is 9.18. The molecule has 2 bridgehead atoms. The Morgan fingerprint density at radius 2 is 1.84 bits per heavy atom. The Labute approximate surface area is 199 Å². The van der Waals surface area contributed by atoms with Crippen LogP contribution in [0.25, 0.3) is 0 Å². The molecule has 3 atom stereocenters. The predicted molar refractivity (Wildman–Crippen MR) is 132 cm³/mol. The number of fused-ring (bicyclic) bond motifs is 3. The number of esters is 1. The molecule has 3 aliphatic rings. The normalized spacial score (nSPS) is 30.1. The van der Waals surface area contributed by atoms with Crippen LogP contribution < -0.4 is 5.01 Å². The molecule has 2 fully saturated rings. The summed E-state index contributed by atoms with van der Waals surface area (Å²) < 4.78 is 5.13. The number of hydrogen-bond donors (Lipinski definition) is 0. The zero-order valence-corrected chi connectivity index (χ0v) is 20.6. The Hall–Kier alpha value is -1.98. The van der Waals surface area contributed by atoms with Gasteiger partial charge in [0.25, 0.3) is 0 Å². The maximum absolute atomic E-state index is 12.1. The molecule has 3 unspecified atom stereocenters. The number of carbonyl (C=O) groups is 1. The molecule has 6 heteroatoms. The van der Waals surface area contributed by atoms with Gasteiger partial charge in [-0.2, -0.15) is 5.10 Å². The van der Waals surface area contributed by atoms with E-state index in [1.165, 1.54) is 12.8 Å². The van der Waals surface area contributed by atoms with E-state index in [0.717, 1.165) is 27.7 Å². The standard InChI is InChI=1S/C26H29ClN2O2S/c1-5-31-23(30)18-8-6-17(7-9-18)22-28-29(21-12-10-20(27)11-13-21)26(32-22)16-19-14-15-25(26,4)24(19,2)3/h6-13,19H,5,14-16H2,1-4H3. The molecule has 2 aliphatic carbocycles. The first-order valence-electron chi connectivity index (χ1n) is 11.3. The van der Waals surface area contributed by atoms with Crippen molar-refractivity contribution in [2.45, 2.75) is 51.8 Å². The summed E-state index contributed by atoms with van der Waals surface area (Å²) in [6.07, 6.45) is 3.59. The molecule has 0 amide bonds. The highest BCUT2D eigenvalue weighted by molar-refractivity contribution is 8.16. The molecule has 2 saturated carbocycles. The number of hydrogen-bond acceptors (Lipinski definition) is 5. The number of nitrogens with zero attached hydrogens (tertiary/aromatic N) is 2. The van der Waals surface area contributed by atoms with E-state index in [1.807, 2.05) is 55.1 Å². The fourth-order valence-corrected chi connectivity index (χ4v) is 7.94. The van der Waals surface area contributed by atoms with Crippen molar-refractivity contribution in [3.8, 4) is 0 Å². The molecule has 32 heavy (non-hydrogen) atoms. The Balaban J connectivity index is 1.56. The molecule has 0 saturated heterocycles. The van der Waals surface area contributed by atoms with E-state index in [9.17, 15) is 4.79 Å². The van der Waals surface area contributed by atoms with Gasteiger partial charge in [-0.25, -0.2) is 9.80 Å². The van der Waals surface area contributed by atoms with E-state index in [0.29, 0.717) is 18.1 Å². The first-order chi connectivity index (χ1) is 15.2. The molecule has 1 aliphatic heterocycles. The van der Waals surface area contributed by atoms with Gasteiger partial charge in [0.05, 0.1) is 17.9 Å². The first kappa shape index (κ1) is 21.8. The SMILES string of the molecule is CCOC(=O)c1ccc(C2=NN(c3ccc(Cl)cc3)C3(CC4CCC3(C)C4(C)C)S2)cc1. The van der Waals surface area contributed by atoms with Crippen LogP contribution in [0.2, 0.25) is 5.02 Å². The van der Waals surface area contributed by atoms with Crippen LogP contribution in [0.1, 0.15) is 62.9 Å². The summed E-state index contributed by atoms with van der Waals surface area (Å²) in [6, 6.07) is 15.7. The number of rotatable bonds is 4. The van der Waals surface area contributed by atoms with Gasteiger partial charge in [-0.15, -0.1) is 0 Å². The second-order valence-electron chi connectivity index (χ2n) is 9.87. The van der Waals surface area contributed by atoms with E-state index in [4.69, 9.17) is 21.4 Å². The molecule has 1 heterocycles. The van der Waals surface area contributed by atoms with Crippen molar-refractivity contribution in [2.75, 3.05) is 11.6 Å². The van der Waals surface area contributed by atoms with Crippen LogP contribution in [-0.2, 0) is 4.74 Å². The minimum Gasteiger partial charge on any atom is -0.462 e. The molecule has 2 aromatic rings. The lowest BCUT2D eigenvalue weighted by Crippen LogP contribution is -2.53. The summed E-state index contributed by atoms with van der Waals surface area (Å²) in [5.41, 5.74) is 3.03. The predicted octanol–water partition coefficient (Wildman–Crippen LogP) is 6.97. The van der Waals surface area contributed by atoms with Gasteiger partial charge in [0.1, 0.15) is 9.91 Å². The summed E-state index contributed by atoms with van der Waals surface area (Å²) in [7, 11) is 0. The smallest absolute Gasteiger partial charge is 0.338 e. The van der Waals surface area contributed by atoms with Gasteiger partial charge in [-0.1, -0.05) is 56.3 Å². The van der Waals surface area contributed by atoms with Crippen LogP contribution in [0, 0.1) is 16.7 Å².